The van der Waals surface area contributed by atoms with E-state index >= 15 is 0 Å². The molecular formula is C12H17Br2N. The maximum atomic E-state index is 6.15. The lowest BCUT2D eigenvalue weighted by Crippen LogP contribution is -2.10. The molecule has 0 spiro atoms. The van der Waals surface area contributed by atoms with Crippen molar-refractivity contribution in [3.63, 3.8) is 0 Å². The van der Waals surface area contributed by atoms with Crippen molar-refractivity contribution in [2.24, 2.45) is 5.73 Å². The van der Waals surface area contributed by atoms with Crippen LogP contribution in [0.2, 0.25) is 0 Å². The van der Waals surface area contributed by atoms with E-state index in [4.69, 9.17) is 5.73 Å². The van der Waals surface area contributed by atoms with Gasteiger partial charge in [-0.1, -0.05) is 58.0 Å². The molecule has 0 saturated heterocycles. The van der Waals surface area contributed by atoms with Gasteiger partial charge in [0, 0.05) is 15.0 Å². The smallest absolute Gasteiger partial charge is 0.0306 e. The van der Waals surface area contributed by atoms with Crippen LogP contribution in [0.5, 0.6) is 0 Å². The van der Waals surface area contributed by atoms with Gasteiger partial charge in [-0.3, -0.25) is 0 Å². The normalized spacial score (nSPS) is 12.8. The Balaban J connectivity index is 2.64. The number of unbranched alkanes of at least 4 members (excludes halogenated alkanes) is 2. The van der Waals surface area contributed by atoms with Crippen LogP contribution >= 0.6 is 31.9 Å². The first-order valence-corrected chi connectivity index (χ1v) is 6.94. The summed E-state index contributed by atoms with van der Waals surface area (Å²) >= 11 is 7.01. The summed E-state index contributed by atoms with van der Waals surface area (Å²) < 4.78 is 2.20. The molecule has 1 aromatic carbocycles. The minimum atomic E-state index is 0.142. The van der Waals surface area contributed by atoms with Gasteiger partial charge in [-0.05, 0) is 30.2 Å². The predicted octanol–water partition coefficient (Wildman–Crippen LogP) is 4.79. The molecule has 0 aromatic heterocycles. The van der Waals surface area contributed by atoms with Gasteiger partial charge in [-0.2, -0.15) is 0 Å². The van der Waals surface area contributed by atoms with Crippen LogP contribution in [0.4, 0.5) is 0 Å². The molecule has 84 valence electrons. The molecule has 1 rings (SSSR count). The fraction of sp³-hybridized carbons (Fsp3) is 0.500. The Hall–Kier alpha value is 0.140. The Morgan fingerprint density at radius 3 is 2.67 bits per heavy atom. The number of benzene rings is 1. The van der Waals surface area contributed by atoms with Crippen molar-refractivity contribution >= 4 is 31.9 Å². The van der Waals surface area contributed by atoms with Gasteiger partial charge in [0.25, 0.3) is 0 Å². The molecule has 3 heteroatoms. The number of hydrogen-bond acceptors (Lipinski definition) is 1. The van der Waals surface area contributed by atoms with Crippen LogP contribution in [0, 0.1) is 0 Å². The van der Waals surface area contributed by atoms with Crippen LogP contribution in [0.15, 0.2) is 27.1 Å². The second-order valence-electron chi connectivity index (χ2n) is 3.77. The van der Waals surface area contributed by atoms with Crippen molar-refractivity contribution in [1.29, 1.82) is 0 Å². The molecule has 0 unspecified atom stereocenters. The van der Waals surface area contributed by atoms with E-state index in [2.05, 4.69) is 44.8 Å². The summed E-state index contributed by atoms with van der Waals surface area (Å²) in [5, 5.41) is 0. The Labute approximate surface area is 109 Å². The van der Waals surface area contributed by atoms with E-state index < -0.39 is 0 Å². The maximum Gasteiger partial charge on any atom is 0.0306 e. The van der Waals surface area contributed by atoms with Crippen molar-refractivity contribution in [2.75, 3.05) is 0 Å². The number of nitrogens with two attached hydrogens (primary N) is 1. The average Bonchev–Trinajstić information content (AvgIpc) is 2.22. The molecule has 15 heavy (non-hydrogen) atoms. The van der Waals surface area contributed by atoms with Crippen LogP contribution in [0.1, 0.15) is 44.2 Å². The maximum absolute atomic E-state index is 6.15. The molecule has 2 N–H and O–H groups in total. The van der Waals surface area contributed by atoms with Gasteiger partial charge in [-0.15, -0.1) is 0 Å². The van der Waals surface area contributed by atoms with Crippen LogP contribution in [0.3, 0.4) is 0 Å². The highest BCUT2D eigenvalue weighted by atomic mass is 79.9. The zero-order valence-corrected chi connectivity index (χ0v) is 12.1. The van der Waals surface area contributed by atoms with Crippen molar-refractivity contribution < 1.29 is 0 Å². The fourth-order valence-electron chi connectivity index (χ4n) is 1.57. The van der Waals surface area contributed by atoms with Crippen LogP contribution in [-0.2, 0) is 0 Å². The highest BCUT2D eigenvalue weighted by molar-refractivity contribution is 9.11. The molecule has 0 bridgehead atoms. The molecule has 1 aromatic rings. The summed E-state index contributed by atoms with van der Waals surface area (Å²) in [5.74, 6) is 0. The second kappa shape index (κ2) is 6.66. The van der Waals surface area contributed by atoms with Gasteiger partial charge in [0.15, 0.2) is 0 Å². The second-order valence-corrected chi connectivity index (χ2v) is 5.54. The Morgan fingerprint density at radius 2 is 2.00 bits per heavy atom. The van der Waals surface area contributed by atoms with E-state index in [0.717, 1.165) is 15.4 Å². The molecule has 0 fully saturated rings. The summed E-state index contributed by atoms with van der Waals surface area (Å²) in [7, 11) is 0. The number of rotatable bonds is 5. The molecule has 0 saturated carbocycles. The summed E-state index contributed by atoms with van der Waals surface area (Å²) in [6.07, 6.45) is 4.77. The minimum absolute atomic E-state index is 0.142. The zero-order chi connectivity index (χ0) is 11.3. The molecule has 0 heterocycles. The fourth-order valence-corrected chi connectivity index (χ4v) is 2.49. The van der Waals surface area contributed by atoms with E-state index in [-0.39, 0.29) is 6.04 Å². The Kier molecular flexibility index (Phi) is 5.87. The molecule has 0 aliphatic carbocycles. The van der Waals surface area contributed by atoms with Crippen LogP contribution < -0.4 is 5.73 Å². The molecular weight excluding hydrogens is 318 g/mol. The minimum Gasteiger partial charge on any atom is -0.324 e. The lowest BCUT2D eigenvalue weighted by molar-refractivity contribution is 0.579. The van der Waals surface area contributed by atoms with E-state index in [1.54, 1.807) is 0 Å². The lowest BCUT2D eigenvalue weighted by Gasteiger charge is -2.14. The Morgan fingerprint density at radius 1 is 1.27 bits per heavy atom. The van der Waals surface area contributed by atoms with Gasteiger partial charge < -0.3 is 5.73 Å². The van der Waals surface area contributed by atoms with Crippen LogP contribution in [-0.4, -0.2) is 0 Å². The first-order chi connectivity index (χ1) is 7.15. The van der Waals surface area contributed by atoms with Gasteiger partial charge in [0.05, 0.1) is 0 Å². The lowest BCUT2D eigenvalue weighted by atomic mass is 10.0. The van der Waals surface area contributed by atoms with Crippen molar-refractivity contribution in [1.82, 2.24) is 0 Å². The number of hydrogen-bond donors (Lipinski definition) is 1. The average molecular weight is 335 g/mol. The predicted molar refractivity (Wildman–Crippen MR) is 72.9 cm³/mol. The molecule has 0 aliphatic rings. The van der Waals surface area contributed by atoms with Crippen molar-refractivity contribution in [3.8, 4) is 0 Å². The summed E-state index contributed by atoms with van der Waals surface area (Å²) in [4.78, 5) is 0. The third-order valence-corrected chi connectivity index (χ3v) is 3.69. The standard InChI is InChI=1S/C12H17Br2N/c1-2-3-4-5-12(15)10-8-9(13)6-7-11(10)14/h6-8,12H,2-5,15H2,1H3/t12-/m0/s1. The molecule has 0 aliphatic heterocycles. The molecule has 1 atom stereocenters. The highest BCUT2D eigenvalue weighted by Crippen LogP contribution is 2.28. The molecule has 0 amide bonds. The van der Waals surface area contributed by atoms with Crippen LogP contribution in [0.25, 0.3) is 0 Å². The van der Waals surface area contributed by atoms with E-state index in [9.17, 15) is 0 Å². The van der Waals surface area contributed by atoms with Gasteiger partial charge >= 0.3 is 0 Å². The van der Waals surface area contributed by atoms with Gasteiger partial charge in [0.1, 0.15) is 0 Å². The van der Waals surface area contributed by atoms with Crippen molar-refractivity contribution in [2.45, 2.75) is 38.6 Å². The monoisotopic (exact) mass is 333 g/mol. The quantitative estimate of drug-likeness (QED) is 0.769. The zero-order valence-electron chi connectivity index (χ0n) is 8.97. The highest BCUT2D eigenvalue weighted by Gasteiger charge is 2.09. The van der Waals surface area contributed by atoms with E-state index in [0.29, 0.717) is 0 Å². The molecule has 0 radical (unpaired) electrons. The largest absolute Gasteiger partial charge is 0.324 e. The summed E-state index contributed by atoms with van der Waals surface area (Å²) in [6.45, 7) is 2.21. The SMILES string of the molecule is CCCCC[C@H](N)c1cc(Br)ccc1Br. The first-order valence-electron chi connectivity index (χ1n) is 5.35. The van der Waals surface area contributed by atoms with E-state index in [1.807, 2.05) is 12.1 Å². The van der Waals surface area contributed by atoms with Crippen molar-refractivity contribution in [3.05, 3.63) is 32.7 Å². The van der Waals surface area contributed by atoms with E-state index in [1.165, 1.54) is 24.8 Å². The third kappa shape index (κ3) is 4.25. The first kappa shape index (κ1) is 13.2. The van der Waals surface area contributed by atoms with Gasteiger partial charge in [-0.25, -0.2) is 0 Å². The third-order valence-electron chi connectivity index (χ3n) is 2.48. The van der Waals surface area contributed by atoms with Gasteiger partial charge in [0.2, 0.25) is 0 Å². The molecule has 1 nitrogen and oxygen atoms in total. The Bertz CT molecular complexity index is 312. The number of halogens is 2. The topological polar surface area (TPSA) is 26.0 Å². The summed E-state index contributed by atoms with van der Waals surface area (Å²) in [5.41, 5.74) is 7.35. The summed E-state index contributed by atoms with van der Waals surface area (Å²) in [6, 6.07) is 6.30.